The van der Waals surface area contributed by atoms with E-state index in [4.69, 9.17) is 0 Å². The molecule has 0 aromatic heterocycles. The molecule has 3 aromatic carbocycles. The van der Waals surface area contributed by atoms with E-state index >= 15 is 0 Å². The first-order valence-electron chi connectivity index (χ1n) is 20.2. The van der Waals surface area contributed by atoms with Gasteiger partial charge in [0.2, 0.25) is 0 Å². The van der Waals surface area contributed by atoms with Gasteiger partial charge in [0.25, 0.3) is 0 Å². The fourth-order valence-corrected chi connectivity index (χ4v) is 7.68. The van der Waals surface area contributed by atoms with Crippen LogP contribution in [0, 0.1) is 25.7 Å². The van der Waals surface area contributed by atoms with E-state index in [1.165, 1.54) is 67.2 Å². The van der Waals surface area contributed by atoms with Crippen LogP contribution in [0.25, 0.3) is 6.08 Å². The molecule has 3 unspecified atom stereocenters. The van der Waals surface area contributed by atoms with Gasteiger partial charge in [-0.2, -0.15) is 0 Å². The van der Waals surface area contributed by atoms with Crippen LogP contribution in [-0.2, 0) is 0 Å². The van der Waals surface area contributed by atoms with Crippen molar-refractivity contribution in [3.05, 3.63) is 208 Å². The van der Waals surface area contributed by atoms with Gasteiger partial charge in [-0.15, -0.1) is 0 Å². The van der Waals surface area contributed by atoms with Gasteiger partial charge in [0, 0.05) is 23.0 Å². The quantitative estimate of drug-likeness (QED) is 0.160. The van der Waals surface area contributed by atoms with E-state index in [9.17, 15) is 0 Å². The summed E-state index contributed by atoms with van der Waals surface area (Å²) < 4.78 is 0. The van der Waals surface area contributed by atoms with Crippen molar-refractivity contribution in [3.63, 3.8) is 0 Å². The van der Waals surface area contributed by atoms with Crippen molar-refractivity contribution in [2.75, 3.05) is 4.90 Å². The average Bonchev–Trinajstić information content (AvgIpc) is 3.21. The molecule has 54 heavy (non-hydrogen) atoms. The second kappa shape index (κ2) is 18.8. The summed E-state index contributed by atoms with van der Waals surface area (Å²) in [6.07, 6.45) is 38.9. The van der Waals surface area contributed by atoms with Gasteiger partial charge in [-0.1, -0.05) is 159 Å². The highest BCUT2D eigenvalue weighted by Gasteiger charge is 2.25. The minimum Gasteiger partial charge on any atom is -0.314 e. The molecule has 0 heterocycles. The number of hydrogen-bond donors (Lipinski definition) is 0. The third kappa shape index (κ3) is 10.1. The number of nitrogens with zero attached hydrogens (tertiary/aromatic N) is 1. The van der Waals surface area contributed by atoms with Gasteiger partial charge in [0.05, 0.1) is 0 Å². The predicted octanol–water partition coefficient (Wildman–Crippen LogP) is 15.1. The van der Waals surface area contributed by atoms with Crippen LogP contribution in [0.15, 0.2) is 185 Å². The number of hydrogen-bond acceptors (Lipinski definition) is 1. The molecule has 3 aromatic rings. The van der Waals surface area contributed by atoms with Crippen LogP contribution in [0.4, 0.5) is 11.4 Å². The lowest BCUT2D eigenvalue weighted by Gasteiger charge is -2.29. The Bertz CT molecular complexity index is 2000. The van der Waals surface area contributed by atoms with Crippen molar-refractivity contribution in [2.45, 2.75) is 86.0 Å². The molecular weight excluding hydrogens is 651 g/mol. The molecule has 276 valence electrons. The molecule has 0 N–H and O–H groups in total. The number of anilines is 2. The molecule has 0 bridgehead atoms. The van der Waals surface area contributed by atoms with Crippen LogP contribution in [-0.4, -0.2) is 0 Å². The fraction of sp³-hybridized carbons (Fsp3) is 0.283. The van der Waals surface area contributed by atoms with E-state index in [1.807, 2.05) is 0 Å². The molecule has 1 heteroatoms. The van der Waals surface area contributed by atoms with Gasteiger partial charge in [-0.05, 0) is 140 Å². The van der Waals surface area contributed by atoms with E-state index in [-0.39, 0.29) is 0 Å². The van der Waals surface area contributed by atoms with Crippen LogP contribution in [0.2, 0.25) is 0 Å². The molecule has 0 fully saturated rings. The SMILES string of the molecule is CC=C(C=CCC)C(C1=CCC(C)C=C1)C(C)c1ccc(C=CC2=CC=C(C=CC3=CC=C(N(c4ccc(C)cc4)c4ccc(C)cc4)CC3)CC2)cc1. The monoisotopic (exact) mass is 709 g/mol. The molecule has 3 atom stereocenters. The molecule has 1 nitrogen and oxygen atoms in total. The van der Waals surface area contributed by atoms with Gasteiger partial charge in [0.1, 0.15) is 0 Å². The summed E-state index contributed by atoms with van der Waals surface area (Å²) in [7, 11) is 0. The molecule has 0 saturated carbocycles. The smallest absolute Gasteiger partial charge is 0.0458 e. The maximum atomic E-state index is 2.47. The zero-order chi connectivity index (χ0) is 37.9. The summed E-state index contributed by atoms with van der Waals surface area (Å²) in [4.78, 5) is 2.41. The third-order valence-corrected chi connectivity index (χ3v) is 11.1. The summed E-state index contributed by atoms with van der Waals surface area (Å²) in [5.41, 5.74) is 16.0. The summed E-state index contributed by atoms with van der Waals surface area (Å²) in [6.45, 7) is 13.4. The summed E-state index contributed by atoms with van der Waals surface area (Å²) in [6, 6.07) is 27.0. The normalized spacial score (nSPS) is 19.0. The Hall–Kier alpha value is -5.14. The van der Waals surface area contributed by atoms with E-state index < -0.39 is 0 Å². The van der Waals surface area contributed by atoms with Gasteiger partial charge < -0.3 is 4.90 Å². The lowest BCUT2D eigenvalue weighted by Crippen LogP contribution is -2.17. The zero-order valence-electron chi connectivity index (χ0n) is 33.4. The van der Waals surface area contributed by atoms with Crippen LogP contribution in [0.3, 0.4) is 0 Å². The Balaban J connectivity index is 1.09. The maximum Gasteiger partial charge on any atom is 0.0458 e. The van der Waals surface area contributed by atoms with Crippen molar-refractivity contribution >= 4 is 17.5 Å². The summed E-state index contributed by atoms with van der Waals surface area (Å²) in [5, 5.41) is 0. The molecule has 0 aliphatic heterocycles. The van der Waals surface area contributed by atoms with Crippen LogP contribution in [0.5, 0.6) is 0 Å². The van der Waals surface area contributed by atoms with Crippen molar-refractivity contribution in [1.29, 1.82) is 0 Å². The molecule has 3 aliphatic carbocycles. The van der Waals surface area contributed by atoms with Crippen molar-refractivity contribution < 1.29 is 0 Å². The molecular formula is C53H59N. The molecule has 0 amide bonds. The second-order valence-corrected chi connectivity index (χ2v) is 15.4. The lowest BCUT2D eigenvalue weighted by molar-refractivity contribution is 0.592. The van der Waals surface area contributed by atoms with Gasteiger partial charge >= 0.3 is 0 Å². The first kappa shape index (κ1) is 38.6. The highest BCUT2D eigenvalue weighted by Crippen LogP contribution is 2.39. The Labute approximate surface area is 326 Å². The Morgan fingerprint density at radius 2 is 1.28 bits per heavy atom. The van der Waals surface area contributed by atoms with E-state index in [2.05, 4.69) is 204 Å². The van der Waals surface area contributed by atoms with Gasteiger partial charge in [-0.25, -0.2) is 0 Å². The minimum absolute atomic E-state index is 0.354. The highest BCUT2D eigenvalue weighted by atomic mass is 15.1. The third-order valence-electron chi connectivity index (χ3n) is 11.1. The zero-order valence-corrected chi connectivity index (χ0v) is 33.4. The number of rotatable bonds is 13. The van der Waals surface area contributed by atoms with Crippen LogP contribution >= 0.6 is 0 Å². The Kier molecular flexibility index (Phi) is 13.4. The second-order valence-electron chi connectivity index (χ2n) is 15.4. The van der Waals surface area contributed by atoms with Crippen molar-refractivity contribution in [3.8, 4) is 0 Å². The number of allylic oxidation sites excluding steroid dienone is 19. The van der Waals surface area contributed by atoms with Crippen molar-refractivity contribution in [2.24, 2.45) is 11.8 Å². The summed E-state index contributed by atoms with van der Waals surface area (Å²) >= 11 is 0. The van der Waals surface area contributed by atoms with Gasteiger partial charge in [-0.3, -0.25) is 0 Å². The number of aryl methyl sites for hydroxylation is 2. The molecule has 0 radical (unpaired) electrons. The highest BCUT2D eigenvalue weighted by molar-refractivity contribution is 5.69. The average molecular weight is 710 g/mol. The van der Waals surface area contributed by atoms with Crippen molar-refractivity contribution in [1.82, 2.24) is 0 Å². The largest absolute Gasteiger partial charge is 0.314 e. The molecule has 3 aliphatic rings. The Morgan fingerprint density at radius 1 is 0.722 bits per heavy atom. The predicted molar refractivity (Wildman–Crippen MR) is 236 cm³/mol. The first-order chi connectivity index (χ1) is 26.3. The van der Waals surface area contributed by atoms with E-state index in [0.29, 0.717) is 17.8 Å². The molecule has 0 spiro atoms. The standard InChI is InChI=1S/C53H59N/c1-7-9-10-47(8-2)53(49-29-11-39(3)12-30-49)42(6)48-31-25-45(26-32-48)23-21-43-17-19-44(20-18-43)22-24-46-27-37-52(38-28-46)54(50-33-13-40(4)14-34-50)51-35-15-41(5)16-36-51/h8-11,13-17,19,21-27,29-37,39,42,53H,7,12,18,20,28,38H2,1-6H3. The fourth-order valence-electron chi connectivity index (χ4n) is 7.68. The van der Waals surface area contributed by atoms with Crippen LogP contribution in [0.1, 0.15) is 94.4 Å². The topological polar surface area (TPSA) is 3.24 Å². The molecule has 0 saturated heterocycles. The van der Waals surface area contributed by atoms with Crippen LogP contribution < -0.4 is 4.90 Å². The van der Waals surface area contributed by atoms with E-state index in [1.54, 1.807) is 0 Å². The maximum absolute atomic E-state index is 2.47. The lowest BCUT2D eigenvalue weighted by atomic mass is 9.75. The Morgan fingerprint density at radius 3 is 1.76 bits per heavy atom. The molecule has 6 rings (SSSR count). The summed E-state index contributed by atoms with van der Waals surface area (Å²) in [5.74, 6) is 1.35. The number of benzene rings is 3. The minimum atomic E-state index is 0.354. The first-order valence-corrected chi connectivity index (χ1v) is 20.2. The van der Waals surface area contributed by atoms with Gasteiger partial charge in [0.15, 0.2) is 0 Å². The van der Waals surface area contributed by atoms with E-state index in [0.717, 1.165) is 38.5 Å².